The predicted molar refractivity (Wildman–Crippen MR) is 91.2 cm³/mol. The van der Waals surface area contributed by atoms with Gasteiger partial charge in [-0.1, -0.05) is 31.5 Å². The van der Waals surface area contributed by atoms with Gasteiger partial charge in [0.15, 0.2) is 0 Å². The maximum atomic E-state index is 5.45. The van der Waals surface area contributed by atoms with Gasteiger partial charge in [0.1, 0.15) is 5.75 Å². The molecule has 0 aliphatic rings. The summed E-state index contributed by atoms with van der Waals surface area (Å²) in [7, 11) is 3.96. The summed E-state index contributed by atoms with van der Waals surface area (Å²) in [6.07, 6.45) is 3.52. The number of hydrogen-bond acceptors (Lipinski definition) is 3. The number of hydrogen-bond donors (Lipinski definition) is 1. The summed E-state index contributed by atoms with van der Waals surface area (Å²) in [4.78, 5) is 2.45. The molecule has 21 heavy (non-hydrogen) atoms. The van der Waals surface area contributed by atoms with Gasteiger partial charge >= 0.3 is 0 Å². The van der Waals surface area contributed by atoms with E-state index in [0.717, 1.165) is 25.3 Å². The zero-order valence-corrected chi connectivity index (χ0v) is 14.4. The zero-order chi connectivity index (χ0) is 15.7. The first-order chi connectivity index (χ1) is 10.1. The summed E-state index contributed by atoms with van der Waals surface area (Å²) >= 11 is 0. The molecule has 0 aliphatic carbocycles. The Morgan fingerprint density at radius 2 is 1.90 bits per heavy atom. The highest BCUT2D eigenvalue weighted by molar-refractivity contribution is 5.33. The van der Waals surface area contributed by atoms with Crippen LogP contribution in [0.2, 0.25) is 0 Å². The Morgan fingerprint density at radius 3 is 2.57 bits per heavy atom. The molecule has 1 N–H and O–H groups in total. The lowest BCUT2D eigenvalue weighted by Gasteiger charge is -2.31. The molecule has 1 aromatic rings. The van der Waals surface area contributed by atoms with Gasteiger partial charge in [-0.15, -0.1) is 0 Å². The molecule has 0 aromatic heterocycles. The molecule has 1 rings (SSSR count). The van der Waals surface area contributed by atoms with Crippen LogP contribution in [-0.4, -0.2) is 44.2 Å². The number of likely N-dealkylation sites (N-methyl/N-ethyl adjacent to an activating group) is 1. The van der Waals surface area contributed by atoms with Crippen molar-refractivity contribution in [2.24, 2.45) is 0 Å². The fourth-order valence-corrected chi connectivity index (χ4v) is 2.52. The largest absolute Gasteiger partial charge is 0.496 e. The molecule has 0 saturated carbocycles. The van der Waals surface area contributed by atoms with Crippen LogP contribution >= 0.6 is 0 Å². The van der Waals surface area contributed by atoms with Gasteiger partial charge in [-0.25, -0.2) is 0 Å². The molecule has 3 heteroatoms. The van der Waals surface area contributed by atoms with Crippen molar-refractivity contribution in [1.29, 1.82) is 0 Å². The number of rotatable bonds is 10. The Balaban J connectivity index is 2.47. The number of ether oxygens (including phenoxy) is 1. The lowest BCUT2D eigenvalue weighted by molar-refractivity contribution is 0.190. The first-order valence-corrected chi connectivity index (χ1v) is 8.14. The van der Waals surface area contributed by atoms with Crippen molar-refractivity contribution in [3.63, 3.8) is 0 Å². The number of nitrogens with zero attached hydrogens (tertiary/aromatic N) is 1. The average molecular weight is 292 g/mol. The van der Waals surface area contributed by atoms with Gasteiger partial charge in [0.05, 0.1) is 7.11 Å². The Kier molecular flexibility index (Phi) is 8.40. The van der Waals surface area contributed by atoms with Crippen LogP contribution in [0.15, 0.2) is 24.3 Å². The molecule has 0 heterocycles. The first kappa shape index (κ1) is 18.0. The molecule has 2 atom stereocenters. The first-order valence-electron chi connectivity index (χ1n) is 8.14. The summed E-state index contributed by atoms with van der Waals surface area (Å²) in [5.74, 6) is 0.992. The Labute approximate surface area is 130 Å². The molecule has 0 aliphatic heterocycles. The van der Waals surface area contributed by atoms with Crippen molar-refractivity contribution in [3.05, 3.63) is 29.8 Å². The fraction of sp³-hybridized carbons (Fsp3) is 0.667. The summed E-state index contributed by atoms with van der Waals surface area (Å²) in [5.41, 5.74) is 1.28. The van der Waals surface area contributed by atoms with Crippen LogP contribution in [0, 0.1) is 0 Å². The van der Waals surface area contributed by atoms with Crippen LogP contribution in [0.5, 0.6) is 5.75 Å². The van der Waals surface area contributed by atoms with E-state index in [4.69, 9.17) is 4.74 Å². The van der Waals surface area contributed by atoms with Crippen molar-refractivity contribution in [3.8, 4) is 5.75 Å². The van der Waals surface area contributed by atoms with E-state index in [0.29, 0.717) is 12.1 Å². The van der Waals surface area contributed by atoms with Crippen LogP contribution in [0.1, 0.15) is 39.2 Å². The number of unbranched alkanes of at least 4 members (excludes halogenated alkanes) is 1. The van der Waals surface area contributed by atoms with Gasteiger partial charge in [0, 0.05) is 18.6 Å². The Morgan fingerprint density at radius 1 is 1.19 bits per heavy atom. The molecule has 0 bridgehead atoms. The van der Waals surface area contributed by atoms with Crippen molar-refractivity contribution in [1.82, 2.24) is 10.2 Å². The van der Waals surface area contributed by atoms with Gasteiger partial charge in [-0.2, -0.15) is 0 Å². The molecular weight excluding hydrogens is 260 g/mol. The molecule has 0 spiro atoms. The van der Waals surface area contributed by atoms with Gasteiger partial charge in [0.25, 0.3) is 0 Å². The topological polar surface area (TPSA) is 24.5 Å². The maximum Gasteiger partial charge on any atom is 0.122 e. The second kappa shape index (κ2) is 9.80. The molecular formula is C18H32N2O. The van der Waals surface area contributed by atoms with Crippen molar-refractivity contribution < 1.29 is 4.74 Å². The predicted octanol–water partition coefficient (Wildman–Crippen LogP) is 3.34. The van der Waals surface area contributed by atoms with Gasteiger partial charge < -0.3 is 10.1 Å². The lowest BCUT2D eigenvalue weighted by atomic mass is 10.0. The Hall–Kier alpha value is -1.06. The normalized spacial score (nSPS) is 14.2. The van der Waals surface area contributed by atoms with Gasteiger partial charge in [-0.3, -0.25) is 4.90 Å². The third kappa shape index (κ3) is 6.06. The molecule has 0 radical (unpaired) electrons. The molecule has 120 valence electrons. The minimum atomic E-state index is 0.490. The SMILES string of the molecule is CCCCNCC(C)N(C)C(C)Cc1ccccc1OC. The van der Waals surface area contributed by atoms with Crippen LogP contribution in [0.4, 0.5) is 0 Å². The van der Waals surface area contributed by atoms with E-state index in [2.05, 4.69) is 50.2 Å². The minimum Gasteiger partial charge on any atom is -0.496 e. The third-order valence-electron chi connectivity index (χ3n) is 4.25. The minimum absolute atomic E-state index is 0.490. The monoisotopic (exact) mass is 292 g/mol. The smallest absolute Gasteiger partial charge is 0.122 e. The molecule has 2 unspecified atom stereocenters. The Bertz CT molecular complexity index is 395. The van der Waals surface area contributed by atoms with Crippen molar-refractivity contribution in [2.45, 2.75) is 52.1 Å². The lowest BCUT2D eigenvalue weighted by Crippen LogP contribution is -2.43. The maximum absolute atomic E-state index is 5.45. The zero-order valence-electron chi connectivity index (χ0n) is 14.4. The van der Waals surface area contributed by atoms with E-state index in [1.54, 1.807) is 7.11 Å². The van der Waals surface area contributed by atoms with Crippen LogP contribution in [-0.2, 0) is 6.42 Å². The number of para-hydroxylation sites is 1. The second-order valence-corrected chi connectivity index (χ2v) is 5.94. The average Bonchev–Trinajstić information content (AvgIpc) is 2.51. The van der Waals surface area contributed by atoms with E-state index in [9.17, 15) is 0 Å². The van der Waals surface area contributed by atoms with E-state index >= 15 is 0 Å². The number of methoxy groups -OCH3 is 1. The highest BCUT2D eigenvalue weighted by Crippen LogP contribution is 2.20. The number of benzene rings is 1. The molecule has 1 aromatic carbocycles. The van der Waals surface area contributed by atoms with Gasteiger partial charge in [-0.05, 0) is 51.9 Å². The third-order valence-corrected chi connectivity index (χ3v) is 4.25. The summed E-state index contributed by atoms with van der Waals surface area (Å²) < 4.78 is 5.45. The summed E-state index contributed by atoms with van der Waals surface area (Å²) in [6.45, 7) is 8.97. The molecule has 3 nitrogen and oxygen atoms in total. The van der Waals surface area contributed by atoms with E-state index < -0.39 is 0 Å². The fourth-order valence-electron chi connectivity index (χ4n) is 2.52. The highest BCUT2D eigenvalue weighted by Gasteiger charge is 2.17. The van der Waals surface area contributed by atoms with Crippen LogP contribution in [0.3, 0.4) is 0 Å². The molecule has 0 fully saturated rings. The molecule has 0 saturated heterocycles. The van der Waals surface area contributed by atoms with Crippen LogP contribution < -0.4 is 10.1 Å². The highest BCUT2D eigenvalue weighted by atomic mass is 16.5. The summed E-state index contributed by atoms with van der Waals surface area (Å²) in [6, 6.07) is 9.33. The van der Waals surface area contributed by atoms with E-state index in [1.165, 1.54) is 18.4 Å². The van der Waals surface area contributed by atoms with E-state index in [1.807, 2.05) is 12.1 Å². The van der Waals surface area contributed by atoms with Crippen molar-refractivity contribution in [2.75, 3.05) is 27.2 Å². The van der Waals surface area contributed by atoms with E-state index in [-0.39, 0.29) is 0 Å². The number of nitrogens with one attached hydrogen (secondary N) is 1. The van der Waals surface area contributed by atoms with Gasteiger partial charge in [0.2, 0.25) is 0 Å². The summed E-state index contributed by atoms with van der Waals surface area (Å²) in [5, 5.41) is 3.54. The van der Waals surface area contributed by atoms with Crippen LogP contribution in [0.25, 0.3) is 0 Å². The quantitative estimate of drug-likeness (QED) is 0.669. The second-order valence-electron chi connectivity index (χ2n) is 5.94. The van der Waals surface area contributed by atoms with Crippen molar-refractivity contribution >= 4 is 0 Å². The molecule has 0 amide bonds. The standard InChI is InChI=1S/C18H32N2O/c1-6-7-12-19-14-16(3)20(4)15(2)13-17-10-8-9-11-18(17)21-5/h8-11,15-16,19H,6-7,12-14H2,1-5H3.